The summed E-state index contributed by atoms with van der Waals surface area (Å²) in [5.74, 6) is 2.74. The Bertz CT molecular complexity index is 811. The average Bonchev–Trinajstić information content (AvgIpc) is 2.94. The van der Waals surface area contributed by atoms with Gasteiger partial charge >= 0.3 is 0 Å². The molecule has 0 saturated heterocycles. The third kappa shape index (κ3) is 6.15. The van der Waals surface area contributed by atoms with Crippen molar-refractivity contribution in [3.8, 4) is 17.2 Å². The minimum atomic E-state index is 0. The van der Waals surface area contributed by atoms with Gasteiger partial charge in [0, 0.05) is 43.5 Å². The van der Waals surface area contributed by atoms with Crippen LogP contribution < -0.4 is 24.8 Å². The van der Waals surface area contributed by atoms with E-state index >= 15 is 0 Å². The van der Waals surface area contributed by atoms with E-state index in [1.54, 1.807) is 21.3 Å². The van der Waals surface area contributed by atoms with Gasteiger partial charge in [-0.25, -0.2) is 4.99 Å². The molecule has 2 N–H and O–H groups in total. The van der Waals surface area contributed by atoms with Crippen LogP contribution in [-0.4, -0.2) is 43.6 Å². The van der Waals surface area contributed by atoms with Crippen molar-refractivity contribution in [3.05, 3.63) is 34.6 Å². The fourth-order valence-corrected chi connectivity index (χ4v) is 2.98. The van der Waals surface area contributed by atoms with Crippen molar-refractivity contribution in [2.45, 2.75) is 33.9 Å². The van der Waals surface area contributed by atoms with Gasteiger partial charge in [-0.1, -0.05) is 0 Å². The van der Waals surface area contributed by atoms with Crippen LogP contribution in [0.2, 0.25) is 0 Å². The summed E-state index contributed by atoms with van der Waals surface area (Å²) in [5, 5.41) is 11.1. The SMILES string of the molecule is CCNC(=NCc1c(OC)cc(OC)cc1OC)NCc1c(C)nn(C)c1C.I. The minimum Gasteiger partial charge on any atom is -0.496 e. The van der Waals surface area contributed by atoms with Crippen molar-refractivity contribution in [2.75, 3.05) is 27.9 Å². The van der Waals surface area contributed by atoms with E-state index < -0.39 is 0 Å². The third-order valence-electron chi connectivity index (χ3n) is 4.65. The van der Waals surface area contributed by atoms with Crippen LogP contribution in [-0.2, 0) is 20.1 Å². The smallest absolute Gasteiger partial charge is 0.191 e. The zero-order valence-corrected chi connectivity index (χ0v) is 20.6. The van der Waals surface area contributed by atoms with E-state index in [2.05, 4.69) is 22.7 Å². The molecule has 0 radical (unpaired) electrons. The molecule has 9 heteroatoms. The maximum atomic E-state index is 5.51. The van der Waals surface area contributed by atoms with Gasteiger partial charge in [-0.05, 0) is 20.8 Å². The summed E-state index contributed by atoms with van der Waals surface area (Å²) in [6.07, 6.45) is 0. The van der Waals surface area contributed by atoms with E-state index in [-0.39, 0.29) is 24.0 Å². The topological polar surface area (TPSA) is 81.9 Å². The lowest BCUT2D eigenvalue weighted by Crippen LogP contribution is -2.37. The second-order valence-electron chi connectivity index (χ2n) is 6.33. The normalized spacial score (nSPS) is 10.9. The van der Waals surface area contributed by atoms with Crippen molar-refractivity contribution >= 4 is 29.9 Å². The zero-order chi connectivity index (χ0) is 20.7. The summed E-state index contributed by atoms with van der Waals surface area (Å²) in [4.78, 5) is 4.70. The van der Waals surface area contributed by atoms with Gasteiger partial charge in [0.1, 0.15) is 17.2 Å². The first-order valence-electron chi connectivity index (χ1n) is 9.25. The van der Waals surface area contributed by atoms with Gasteiger partial charge in [-0.3, -0.25) is 4.68 Å². The lowest BCUT2D eigenvalue weighted by molar-refractivity contribution is 0.369. The first-order chi connectivity index (χ1) is 13.4. The Morgan fingerprint density at radius 3 is 2.10 bits per heavy atom. The number of aliphatic imine (C=N–C) groups is 1. The number of guanidine groups is 1. The summed E-state index contributed by atoms with van der Waals surface area (Å²) in [6.45, 7) is 7.92. The highest BCUT2D eigenvalue weighted by Gasteiger charge is 2.14. The molecular weight excluding hydrogens is 485 g/mol. The summed E-state index contributed by atoms with van der Waals surface area (Å²) in [5.41, 5.74) is 4.19. The van der Waals surface area contributed by atoms with Crippen LogP contribution in [0.3, 0.4) is 0 Å². The largest absolute Gasteiger partial charge is 0.496 e. The van der Waals surface area contributed by atoms with Crippen LogP contribution in [0.1, 0.15) is 29.4 Å². The molecule has 1 aromatic heterocycles. The number of methoxy groups -OCH3 is 3. The molecule has 0 saturated carbocycles. The number of hydrogen-bond donors (Lipinski definition) is 2. The van der Waals surface area contributed by atoms with Crippen LogP contribution >= 0.6 is 24.0 Å². The van der Waals surface area contributed by atoms with Crippen molar-refractivity contribution < 1.29 is 14.2 Å². The summed E-state index contributed by atoms with van der Waals surface area (Å²) in [6, 6.07) is 3.66. The minimum absolute atomic E-state index is 0. The number of aryl methyl sites for hydroxylation is 2. The van der Waals surface area contributed by atoms with Gasteiger partial charge in [0.2, 0.25) is 0 Å². The molecule has 2 rings (SSSR count). The van der Waals surface area contributed by atoms with E-state index in [4.69, 9.17) is 19.2 Å². The number of ether oxygens (including phenoxy) is 3. The third-order valence-corrected chi connectivity index (χ3v) is 4.65. The number of nitrogens with zero attached hydrogens (tertiary/aromatic N) is 3. The molecule has 0 fully saturated rings. The summed E-state index contributed by atoms with van der Waals surface area (Å²) >= 11 is 0. The highest BCUT2D eigenvalue weighted by Crippen LogP contribution is 2.34. The number of benzene rings is 1. The quantitative estimate of drug-likeness (QED) is 0.319. The molecule has 0 bridgehead atoms. The van der Waals surface area contributed by atoms with E-state index in [1.807, 2.05) is 37.7 Å². The Morgan fingerprint density at radius 1 is 1.03 bits per heavy atom. The van der Waals surface area contributed by atoms with Gasteiger partial charge in [0.15, 0.2) is 5.96 Å². The van der Waals surface area contributed by atoms with Gasteiger partial charge in [-0.2, -0.15) is 5.10 Å². The number of halogens is 1. The van der Waals surface area contributed by atoms with Crippen LogP contribution in [0.4, 0.5) is 0 Å². The Labute approximate surface area is 190 Å². The molecule has 8 nitrogen and oxygen atoms in total. The highest BCUT2D eigenvalue weighted by molar-refractivity contribution is 14.0. The van der Waals surface area contributed by atoms with Crippen molar-refractivity contribution in [2.24, 2.45) is 12.0 Å². The van der Waals surface area contributed by atoms with E-state index in [9.17, 15) is 0 Å². The van der Waals surface area contributed by atoms with Crippen LogP contribution in [0, 0.1) is 13.8 Å². The fourth-order valence-electron chi connectivity index (χ4n) is 2.98. The number of rotatable bonds is 8. The van der Waals surface area contributed by atoms with Crippen molar-refractivity contribution in [1.82, 2.24) is 20.4 Å². The Hall–Kier alpha value is -2.17. The molecule has 0 spiro atoms. The van der Waals surface area contributed by atoms with Crippen LogP contribution in [0.25, 0.3) is 0 Å². The van der Waals surface area contributed by atoms with Crippen molar-refractivity contribution in [1.29, 1.82) is 0 Å². The second-order valence-corrected chi connectivity index (χ2v) is 6.33. The molecule has 0 aliphatic carbocycles. The Balaban J connectivity index is 0.00000420. The van der Waals surface area contributed by atoms with E-state index in [0.717, 1.165) is 23.5 Å². The first kappa shape index (κ1) is 24.9. The van der Waals surface area contributed by atoms with Crippen LogP contribution in [0.5, 0.6) is 17.2 Å². The molecule has 0 aliphatic heterocycles. The molecular formula is C20H32IN5O3. The first-order valence-corrected chi connectivity index (χ1v) is 9.25. The van der Waals surface area contributed by atoms with Crippen LogP contribution in [0.15, 0.2) is 17.1 Å². The Kier molecular flexibility index (Phi) is 10.1. The Morgan fingerprint density at radius 2 is 1.66 bits per heavy atom. The standard InChI is InChI=1S/C20H31N5O3.HI/c1-8-21-20(22-11-16-13(2)24-25(4)14(16)3)23-12-17-18(27-6)9-15(26-5)10-19(17)28-7;/h9-10H,8,11-12H2,1-7H3,(H2,21,22,23);1H. The van der Waals surface area contributed by atoms with Gasteiger partial charge in [-0.15, -0.1) is 24.0 Å². The molecule has 0 unspecified atom stereocenters. The van der Waals surface area contributed by atoms with Gasteiger partial charge < -0.3 is 24.8 Å². The molecule has 2 aromatic rings. The molecule has 1 aromatic carbocycles. The lowest BCUT2D eigenvalue weighted by Gasteiger charge is -2.15. The highest BCUT2D eigenvalue weighted by atomic mass is 127. The molecule has 0 atom stereocenters. The van der Waals surface area contributed by atoms with E-state index in [0.29, 0.717) is 36.3 Å². The fraction of sp³-hybridized carbons (Fsp3) is 0.500. The second kappa shape index (κ2) is 11.7. The van der Waals surface area contributed by atoms with E-state index in [1.165, 1.54) is 5.56 Å². The predicted molar refractivity (Wildman–Crippen MR) is 126 cm³/mol. The maximum absolute atomic E-state index is 5.51. The number of aromatic nitrogens is 2. The molecule has 1 heterocycles. The summed E-state index contributed by atoms with van der Waals surface area (Å²) < 4.78 is 18.2. The maximum Gasteiger partial charge on any atom is 0.191 e. The summed E-state index contributed by atoms with van der Waals surface area (Å²) in [7, 11) is 6.81. The average molecular weight is 517 g/mol. The van der Waals surface area contributed by atoms with Crippen molar-refractivity contribution in [3.63, 3.8) is 0 Å². The zero-order valence-electron chi connectivity index (χ0n) is 18.3. The van der Waals surface area contributed by atoms with Gasteiger partial charge in [0.05, 0.1) is 39.1 Å². The monoisotopic (exact) mass is 517 g/mol. The number of hydrogen-bond acceptors (Lipinski definition) is 5. The molecule has 29 heavy (non-hydrogen) atoms. The number of nitrogens with one attached hydrogen (secondary N) is 2. The molecule has 0 amide bonds. The lowest BCUT2D eigenvalue weighted by atomic mass is 10.1. The molecule has 162 valence electrons. The molecule has 0 aliphatic rings. The van der Waals surface area contributed by atoms with Gasteiger partial charge in [0.25, 0.3) is 0 Å². The predicted octanol–water partition coefficient (Wildman–Crippen LogP) is 2.94.